The van der Waals surface area contributed by atoms with Crippen molar-refractivity contribution in [3.8, 4) is 6.07 Å². The van der Waals surface area contributed by atoms with Gasteiger partial charge in [-0.15, -0.1) is 0 Å². The average molecular weight is 991 g/mol. The zero-order valence-corrected chi connectivity index (χ0v) is 42.5. The molecular weight excluding hydrogens is 937 g/mol. The molecule has 11 nitrogen and oxygen atoms in total. The predicted molar refractivity (Wildman–Crippen MR) is 306 cm³/mol. The van der Waals surface area contributed by atoms with E-state index in [9.17, 15) is 10.4 Å². The van der Waals surface area contributed by atoms with Crippen molar-refractivity contribution in [1.29, 1.82) is 5.26 Å². The van der Waals surface area contributed by atoms with Gasteiger partial charge in [-0.25, -0.2) is 15.0 Å². The molecule has 0 aliphatic carbocycles. The summed E-state index contributed by atoms with van der Waals surface area (Å²) in [6.07, 6.45) is 2.30. The van der Waals surface area contributed by atoms with Crippen LogP contribution in [-0.2, 0) is 16.6 Å². The second-order valence-electron chi connectivity index (χ2n) is 19.7. The maximum absolute atomic E-state index is 11.5. The van der Waals surface area contributed by atoms with Crippen LogP contribution in [0, 0.1) is 11.3 Å². The number of nitriles is 1. The Balaban J connectivity index is 0.000000115. The summed E-state index contributed by atoms with van der Waals surface area (Å²) in [6.45, 7) is 8.31. The first-order valence-corrected chi connectivity index (χ1v) is 25.4. The maximum Gasteiger partial charge on any atom is 0.209 e. The summed E-state index contributed by atoms with van der Waals surface area (Å²) >= 11 is 0. The van der Waals surface area contributed by atoms with Crippen molar-refractivity contribution in [3.63, 3.8) is 0 Å². The third-order valence-electron chi connectivity index (χ3n) is 15.1. The molecule has 370 valence electrons. The Bertz CT molecular complexity index is 4100. The lowest BCUT2D eigenvalue weighted by Gasteiger charge is -2.38. The van der Waals surface area contributed by atoms with Crippen molar-refractivity contribution in [2.75, 3.05) is 16.0 Å². The molecule has 8 aromatic carbocycles. The molecule has 3 atom stereocenters. The summed E-state index contributed by atoms with van der Waals surface area (Å²) in [5, 5.41) is 31.5. The van der Waals surface area contributed by atoms with E-state index in [4.69, 9.17) is 15.0 Å². The van der Waals surface area contributed by atoms with Gasteiger partial charge in [-0.1, -0.05) is 188 Å². The highest BCUT2D eigenvalue weighted by molar-refractivity contribution is 5.89. The third kappa shape index (κ3) is 7.69. The van der Waals surface area contributed by atoms with Gasteiger partial charge in [-0.05, 0) is 92.4 Å². The third-order valence-corrected chi connectivity index (χ3v) is 15.1. The van der Waals surface area contributed by atoms with Crippen LogP contribution in [0.2, 0.25) is 0 Å². The van der Waals surface area contributed by atoms with E-state index in [1.165, 1.54) is 5.56 Å². The van der Waals surface area contributed by atoms with Gasteiger partial charge >= 0.3 is 0 Å². The summed E-state index contributed by atoms with van der Waals surface area (Å²) in [7, 11) is 0. The lowest BCUT2D eigenvalue weighted by molar-refractivity contribution is 0.281. The Kier molecular flexibility index (Phi) is 11.7. The van der Waals surface area contributed by atoms with E-state index in [0.717, 1.165) is 84.6 Å². The summed E-state index contributed by atoms with van der Waals surface area (Å²) in [5.41, 5.74) is 13.0. The molecular formula is C65H54N10O. The first-order valence-electron chi connectivity index (χ1n) is 25.4. The molecule has 0 spiro atoms. The van der Waals surface area contributed by atoms with Gasteiger partial charge in [0.2, 0.25) is 17.8 Å². The van der Waals surface area contributed by atoms with Gasteiger partial charge in [0.05, 0.1) is 56.0 Å². The number of fused-ring (bicyclic) bond motifs is 9. The molecule has 0 saturated carbocycles. The largest absolute Gasteiger partial charge is 0.507 e. The van der Waals surface area contributed by atoms with Crippen LogP contribution in [0.25, 0.3) is 44.5 Å². The van der Waals surface area contributed by atoms with Crippen LogP contribution in [0.5, 0.6) is 0 Å². The van der Waals surface area contributed by atoms with Gasteiger partial charge in [0, 0.05) is 17.0 Å². The number of imidazole rings is 3. The van der Waals surface area contributed by atoms with Crippen LogP contribution in [0.3, 0.4) is 0 Å². The Morgan fingerprint density at radius 1 is 0.434 bits per heavy atom. The van der Waals surface area contributed by atoms with Crippen LogP contribution < -0.4 is 16.0 Å². The number of aliphatic hydroxyl groups is 1. The molecule has 3 aromatic heterocycles. The van der Waals surface area contributed by atoms with E-state index in [-0.39, 0.29) is 11.3 Å². The van der Waals surface area contributed by atoms with Crippen molar-refractivity contribution in [3.05, 3.63) is 275 Å². The molecule has 3 unspecified atom stereocenters. The van der Waals surface area contributed by atoms with E-state index in [2.05, 4.69) is 141 Å². The highest BCUT2D eigenvalue weighted by Gasteiger charge is 2.44. The molecule has 4 N–H and O–H groups in total. The number of benzene rings is 8. The Morgan fingerprint density at radius 3 is 1.32 bits per heavy atom. The molecule has 0 fully saturated rings. The molecule has 0 saturated heterocycles. The van der Waals surface area contributed by atoms with Gasteiger partial charge in [0.25, 0.3) is 0 Å². The van der Waals surface area contributed by atoms with Crippen LogP contribution in [0.4, 0.5) is 17.8 Å². The lowest BCUT2D eigenvalue weighted by atomic mass is 9.82. The summed E-state index contributed by atoms with van der Waals surface area (Å²) < 4.78 is 6.51. The minimum atomic E-state index is -0.775. The molecule has 6 heterocycles. The standard InChI is InChI=1S/C23H19N3O.C23H19N3.C19H16N4/c1-23(17-12-6-3-7-13-17)21(27)20(16-10-4-2-5-11-16)25-22-24-18-14-8-9-15-19(18)26(22)23;1-23(18-12-6-3-7-13-18)16-20(17-10-4-2-5-11-17)25-22-24-19-14-8-9-15-21(19)26(22)23;1-13-15(12-20)19(2,14-8-4-3-5-9-14)23-17-11-7-6-10-16(17)22-18(23)21-13/h2-15,27H,1H3,(H,24,25);2-16H,1H3,(H,24,25);3-11H,1-2H3,(H,21,22). The summed E-state index contributed by atoms with van der Waals surface area (Å²) in [4.78, 5) is 14.4. The fourth-order valence-corrected chi connectivity index (χ4v) is 11.3. The van der Waals surface area contributed by atoms with Gasteiger partial charge in [-0.2, -0.15) is 5.26 Å². The first-order chi connectivity index (χ1) is 37.1. The molecule has 0 amide bonds. The van der Waals surface area contributed by atoms with Crippen molar-refractivity contribution in [1.82, 2.24) is 28.7 Å². The quantitative estimate of drug-likeness (QED) is 0.134. The second kappa shape index (κ2) is 18.8. The number of para-hydroxylation sites is 6. The van der Waals surface area contributed by atoms with Gasteiger partial charge < -0.3 is 21.1 Å². The van der Waals surface area contributed by atoms with Crippen molar-refractivity contribution in [2.24, 2.45) is 0 Å². The molecule has 76 heavy (non-hydrogen) atoms. The number of nitrogens with zero attached hydrogens (tertiary/aromatic N) is 7. The van der Waals surface area contributed by atoms with E-state index in [1.807, 2.05) is 153 Å². The number of hydrogen-bond donors (Lipinski definition) is 4. The number of allylic oxidation sites excluding steroid dienone is 4. The predicted octanol–water partition coefficient (Wildman–Crippen LogP) is 14.4. The minimum Gasteiger partial charge on any atom is -0.507 e. The monoisotopic (exact) mass is 990 g/mol. The number of nitrogens with one attached hydrogen (secondary N) is 3. The number of aromatic nitrogens is 6. The highest BCUT2D eigenvalue weighted by Crippen LogP contribution is 2.46. The minimum absolute atomic E-state index is 0.274. The number of aliphatic hydroxyl groups excluding tert-OH is 1. The van der Waals surface area contributed by atoms with Crippen LogP contribution in [0.1, 0.15) is 55.5 Å². The molecule has 11 aromatic rings. The Hall–Kier alpha value is -9.92. The number of anilines is 3. The second-order valence-corrected chi connectivity index (χ2v) is 19.7. The first kappa shape index (κ1) is 47.1. The molecule has 3 aliphatic rings. The topological polar surface area (TPSA) is 134 Å². The molecule has 3 aliphatic heterocycles. The molecule has 0 bridgehead atoms. The Morgan fingerprint density at radius 2 is 0.816 bits per heavy atom. The number of rotatable bonds is 5. The van der Waals surface area contributed by atoms with Crippen LogP contribution >= 0.6 is 0 Å². The highest BCUT2D eigenvalue weighted by atomic mass is 16.3. The zero-order chi connectivity index (χ0) is 52.0. The number of hydrogen-bond acceptors (Lipinski definition) is 8. The zero-order valence-electron chi connectivity index (χ0n) is 42.5. The van der Waals surface area contributed by atoms with E-state index < -0.39 is 11.1 Å². The van der Waals surface area contributed by atoms with Crippen LogP contribution in [0.15, 0.2) is 248 Å². The smallest absolute Gasteiger partial charge is 0.209 e. The summed E-state index contributed by atoms with van der Waals surface area (Å²) in [6, 6.07) is 77.9. The SMILES string of the molecule is CC1(c2ccccc2)C(O)=C(c2ccccc2)Nc2nc3ccccc3n21.CC1(c2ccccc2)C=C(c2ccccc2)Nc2nc3ccccc3n21.CC1=C(C#N)C(C)(c2ccccc2)n2c(nc3ccccc32)N1. The fourth-order valence-electron chi connectivity index (χ4n) is 11.3. The molecule has 11 heteroatoms. The van der Waals surface area contributed by atoms with E-state index in [1.54, 1.807) is 0 Å². The Labute approximate surface area is 441 Å². The normalized spacial score (nSPS) is 19.3. The van der Waals surface area contributed by atoms with Gasteiger partial charge in [-0.3, -0.25) is 13.7 Å². The van der Waals surface area contributed by atoms with Crippen molar-refractivity contribution < 1.29 is 5.11 Å². The summed E-state index contributed by atoms with van der Waals surface area (Å²) in [5.74, 6) is 2.64. The molecule has 14 rings (SSSR count). The van der Waals surface area contributed by atoms with Crippen LogP contribution in [-0.4, -0.2) is 33.8 Å². The lowest BCUT2D eigenvalue weighted by Crippen LogP contribution is -2.39. The van der Waals surface area contributed by atoms with Crippen molar-refractivity contribution in [2.45, 2.75) is 44.3 Å². The van der Waals surface area contributed by atoms with E-state index >= 15 is 0 Å². The van der Waals surface area contributed by atoms with Gasteiger partial charge in [0.15, 0.2) is 0 Å². The fraction of sp³-hybridized carbons (Fsp3) is 0.108. The van der Waals surface area contributed by atoms with Crippen molar-refractivity contribution >= 4 is 62.3 Å². The van der Waals surface area contributed by atoms with Gasteiger partial charge in [0.1, 0.15) is 16.8 Å². The average Bonchev–Trinajstić information content (AvgIpc) is 4.26. The molecule has 0 radical (unpaired) electrons. The maximum atomic E-state index is 11.5. The van der Waals surface area contributed by atoms with E-state index in [0.29, 0.717) is 11.3 Å².